The first-order chi connectivity index (χ1) is 19.3. The molecule has 0 aromatic heterocycles. The van der Waals surface area contributed by atoms with Crippen molar-refractivity contribution in [2.45, 2.75) is 0 Å². The zero-order valence-electron chi connectivity index (χ0n) is 22.8. The van der Waals surface area contributed by atoms with Crippen molar-refractivity contribution in [1.82, 2.24) is 0 Å². The second-order valence-electron chi connectivity index (χ2n) is 8.23. The molecule has 0 bridgehead atoms. The van der Waals surface area contributed by atoms with Crippen LogP contribution in [0.2, 0.25) is 0 Å². The Balaban J connectivity index is 0.000000280. The Bertz CT molecular complexity index is 1240. The number of hydrogen-bond acceptors (Lipinski definition) is 8. The van der Waals surface area contributed by atoms with E-state index >= 15 is 0 Å². The monoisotopic (exact) mass is 662 g/mol. The molecule has 0 aliphatic rings. The number of ether oxygens (including phenoxy) is 4. The molecule has 0 aliphatic heterocycles. The second kappa shape index (κ2) is 17.0. The van der Waals surface area contributed by atoms with Gasteiger partial charge < -0.3 is 18.9 Å². The van der Waals surface area contributed by atoms with Gasteiger partial charge in [-0.3, -0.25) is 0 Å². The number of thiocarbonyl (C=S) groups is 4. The molecule has 0 amide bonds. The van der Waals surface area contributed by atoms with Crippen LogP contribution >= 0.6 is 48.9 Å². The Morgan fingerprint density at radius 1 is 0.341 bits per heavy atom. The molecular weight excluding hydrogens is 635 g/mol. The predicted molar refractivity (Wildman–Crippen MR) is 179 cm³/mol. The topological polar surface area (TPSA) is 36.9 Å². The van der Waals surface area contributed by atoms with E-state index in [1.54, 1.807) is 28.4 Å². The first kappa shape index (κ1) is 34.1. The van der Waals surface area contributed by atoms with Crippen molar-refractivity contribution in [2.75, 3.05) is 28.4 Å². The summed E-state index contributed by atoms with van der Waals surface area (Å²) in [5.74, 6) is 3.19. The number of methoxy groups -OCH3 is 4. The Labute approximate surface area is 272 Å². The van der Waals surface area contributed by atoms with Gasteiger partial charge in [-0.1, -0.05) is 48.9 Å². The van der Waals surface area contributed by atoms with Gasteiger partial charge in [0.25, 0.3) is 0 Å². The second-order valence-corrected chi connectivity index (χ2v) is 9.86. The fourth-order valence-corrected chi connectivity index (χ4v) is 4.51. The molecule has 214 valence electrons. The largest absolute Gasteiger partial charge is 0.497 e. The SMILES string of the molecule is COc1ccc(C(=S)C(=S)c2ccc(OC)cc2)cc1.COc1ccc(C(=S)C(=S)c2ccc(OC)cc2)cc1.[Ni]. The van der Waals surface area contributed by atoms with Gasteiger partial charge in [0.2, 0.25) is 0 Å². The van der Waals surface area contributed by atoms with Crippen LogP contribution in [0.3, 0.4) is 0 Å². The number of benzene rings is 4. The predicted octanol–water partition coefficient (Wildman–Crippen LogP) is 7.68. The van der Waals surface area contributed by atoms with Crippen molar-refractivity contribution in [3.8, 4) is 23.0 Å². The van der Waals surface area contributed by atoms with Crippen LogP contribution in [0, 0.1) is 0 Å². The van der Waals surface area contributed by atoms with Crippen molar-refractivity contribution < 1.29 is 35.4 Å². The molecule has 0 fully saturated rings. The fourth-order valence-electron chi connectivity index (χ4n) is 3.49. The van der Waals surface area contributed by atoms with Gasteiger partial charge in [-0.2, -0.15) is 0 Å². The van der Waals surface area contributed by atoms with E-state index in [-0.39, 0.29) is 16.5 Å². The summed E-state index contributed by atoms with van der Waals surface area (Å²) in [6, 6.07) is 30.3. The molecular formula is C32H28NiO4S4. The molecule has 0 radical (unpaired) electrons. The van der Waals surface area contributed by atoms with Crippen molar-refractivity contribution in [3.05, 3.63) is 119 Å². The molecule has 41 heavy (non-hydrogen) atoms. The average Bonchev–Trinajstić information content (AvgIpc) is 3.03. The minimum atomic E-state index is 0. The molecule has 0 N–H and O–H groups in total. The van der Waals surface area contributed by atoms with Crippen LogP contribution in [-0.4, -0.2) is 47.9 Å². The van der Waals surface area contributed by atoms with Gasteiger partial charge in [0.05, 0.1) is 47.9 Å². The summed E-state index contributed by atoms with van der Waals surface area (Å²) >= 11 is 21.8. The van der Waals surface area contributed by atoms with Gasteiger partial charge in [0.15, 0.2) is 0 Å². The van der Waals surface area contributed by atoms with Gasteiger partial charge in [-0.05, 0) is 119 Å². The Kier molecular flexibility index (Phi) is 14.2. The maximum atomic E-state index is 5.45. The van der Waals surface area contributed by atoms with E-state index in [2.05, 4.69) is 0 Å². The normalized spacial score (nSPS) is 9.66. The minimum absolute atomic E-state index is 0. The Hall–Kier alpha value is -3.07. The van der Waals surface area contributed by atoms with Gasteiger partial charge in [0, 0.05) is 16.5 Å². The van der Waals surface area contributed by atoms with Crippen molar-refractivity contribution in [1.29, 1.82) is 0 Å². The van der Waals surface area contributed by atoms with Gasteiger partial charge in [0.1, 0.15) is 23.0 Å². The number of hydrogen-bond donors (Lipinski definition) is 0. The third-order valence-electron chi connectivity index (χ3n) is 5.82. The van der Waals surface area contributed by atoms with Crippen LogP contribution in [0.25, 0.3) is 0 Å². The number of rotatable bonds is 10. The summed E-state index contributed by atoms with van der Waals surface area (Å²) in [7, 11) is 6.54. The summed E-state index contributed by atoms with van der Waals surface area (Å²) in [5, 5.41) is 0. The smallest absolute Gasteiger partial charge is 0.118 e. The Morgan fingerprint density at radius 3 is 0.610 bits per heavy atom. The molecule has 0 aliphatic carbocycles. The molecule has 4 rings (SSSR count). The van der Waals surface area contributed by atoms with E-state index in [0.29, 0.717) is 19.5 Å². The van der Waals surface area contributed by atoms with Gasteiger partial charge in [-0.15, -0.1) is 0 Å². The van der Waals surface area contributed by atoms with Crippen LogP contribution < -0.4 is 18.9 Å². The van der Waals surface area contributed by atoms with Crippen molar-refractivity contribution in [3.63, 3.8) is 0 Å². The summed E-state index contributed by atoms with van der Waals surface area (Å²) in [5.41, 5.74) is 3.67. The molecule has 0 atom stereocenters. The van der Waals surface area contributed by atoms with Crippen LogP contribution in [0.15, 0.2) is 97.1 Å². The molecule has 4 nitrogen and oxygen atoms in total. The van der Waals surface area contributed by atoms with Gasteiger partial charge >= 0.3 is 0 Å². The summed E-state index contributed by atoms with van der Waals surface area (Å²) in [6.07, 6.45) is 0. The van der Waals surface area contributed by atoms with Crippen LogP contribution in [0.4, 0.5) is 0 Å². The van der Waals surface area contributed by atoms with E-state index in [1.807, 2.05) is 97.1 Å². The fraction of sp³-hybridized carbons (Fsp3) is 0.125. The van der Waals surface area contributed by atoms with E-state index in [9.17, 15) is 0 Å². The average molecular weight is 664 g/mol. The summed E-state index contributed by atoms with van der Waals surface area (Å²) in [6.45, 7) is 0. The molecule has 9 heteroatoms. The molecule has 0 saturated heterocycles. The molecule has 0 unspecified atom stereocenters. The van der Waals surface area contributed by atoms with Gasteiger partial charge in [-0.25, -0.2) is 0 Å². The third-order valence-corrected chi connectivity index (χ3v) is 7.84. The first-order valence-corrected chi connectivity index (χ1v) is 13.7. The molecule has 4 aromatic rings. The standard InChI is InChI=1S/2C16H14O2S2.Ni/c2*1-17-13-7-3-11(4-8-13)15(19)16(20)12-5-9-14(18-2)10-6-12;/h2*3-10H,1-2H3;. The zero-order chi connectivity index (χ0) is 29.1. The minimum Gasteiger partial charge on any atom is -0.497 e. The third kappa shape index (κ3) is 9.49. The summed E-state index contributed by atoms with van der Waals surface area (Å²) < 4.78 is 20.5. The quantitative estimate of drug-likeness (QED) is 0.0973. The van der Waals surface area contributed by atoms with Crippen LogP contribution in [0.1, 0.15) is 22.3 Å². The first-order valence-electron chi connectivity index (χ1n) is 12.1. The van der Waals surface area contributed by atoms with Crippen LogP contribution in [-0.2, 0) is 16.5 Å². The molecule has 0 saturated carbocycles. The molecule has 4 aromatic carbocycles. The van der Waals surface area contributed by atoms with E-state index in [4.69, 9.17) is 67.8 Å². The van der Waals surface area contributed by atoms with E-state index in [0.717, 1.165) is 45.3 Å². The van der Waals surface area contributed by atoms with E-state index in [1.165, 1.54) is 0 Å². The maximum Gasteiger partial charge on any atom is 0.118 e. The van der Waals surface area contributed by atoms with Crippen molar-refractivity contribution in [2.24, 2.45) is 0 Å². The molecule has 0 spiro atoms. The summed E-state index contributed by atoms with van der Waals surface area (Å²) in [4.78, 5) is 2.64. The maximum absolute atomic E-state index is 5.45. The Morgan fingerprint density at radius 2 is 0.488 bits per heavy atom. The van der Waals surface area contributed by atoms with Crippen molar-refractivity contribution >= 4 is 68.3 Å². The van der Waals surface area contributed by atoms with Crippen LogP contribution in [0.5, 0.6) is 23.0 Å². The zero-order valence-corrected chi connectivity index (χ0v) is 27.1. The molecule has 0 heterocycles. The van der Waals surface area contributed by atoms with E-state index < -0.39 is 0 Å².